The molecule has 0 radical (unpaired) electrons. The van der Waals surface area contributed by atoms with Gasteiger partial charge in [0.2, 0.25) is 11.8 Å². The van der Waals surface area contributed by atoms with Crippen molar-refractivity contribution in [2.45, 2.75) is 26.1 Å². The number of ether oxygens (including phenoxy) is 1. The molecule has 2 rings (SSSR count). The van der Waals surface area contributed by atoms with Crippen LogP contribution in [0.5, 0.6) is 0 Å². The second-order valence-electron chi connectivity index (χ2n) is 6.50. The molecule has 1 aliphatic rings. The summed E-state index contributed by atoms with van der Waals surface area (Å²) < 4.78 is 45.2. The number of amides is 2. The summed E-state index contributed by atoms with van der Waals surface area (Å²) in [4.78, 5) is 27.4. The molecule has 0 aliphatic carbocycles. The zero-order valence-electron chi connectivity index (χ0n) is 14.9. The van der Waals surface area contributed by atoms with Gasteiger partial charge in [-0.25, -0.2) is 13.2 Å². The van der Waals surface area contributed by atoms with E-state index in [2.05, 4.69) is 5.32 Å². The third kappa shape index (κ3) is 5.18. The summed E-state index contributed by atoms with van der Waals surface area (Å²) in [6.45, 7) is 4.49. The van der Waals surface area contributed by atoms with Crippen LogP contribution < -0.4 is 5.32 Å². The van der Waals surface area contributed by atoms with E-state index < -0.39 is 29.0 Å². The van der Waals surface area contributed by atoms with E-state index >= 15 is 0 Å². The number of likely N-dealkylation sites (N-methyl/N-ethyl adjacent to an activating group) is 1. The second-order valence-corrected chi connectivity index (χ2v) is 6.50. The number of rotatable bonds is 5. The lowest BCUT2D eigenvalue weighted by atomic mass is 10.2. The Kier molecular flexibility index (Phi) is 6.60. The Morgan fingerprint density at radius 3 is 2.38 bits per heavy atom. The SMILES string of the molecule is C[C@H]1CN(C(=O)CN(C)CC(=O)Nc2ccc(F)c(F)c2F)C[C@H](C)O1. The Labute approximate surface area is 149 Å². The van der Waals surface area contributed by atoms with E-state index in [9.17, 15) is 22.8 Å². The molecule has 6 nitrogen and oxygen atoms in total. The summed E-state index contributed by atoms with van der Waals surface area (Å²) in [5, 5.41) is 2.17. The molecule has 0 aromatic heterocycles. The van der Waals surface area contributed by atoms with Gasteiger partial charge in [-0.05, 0) is 33.0 Å². The molecule has 0 bridgehead atoms. The Morgan fingerprint density at radius 1 is 1.15 bits per heavy atom. The molecule has 1 aromatic rings. The van der Waals surface area contributed by atoms with Gasteiger partial charge in [0.1, 0.15) is 0 Å². The molecule has 1 saturated heterocycles. The van der Waals surface area contributed by atoms with E-state index in [1.165, 1.54) is 4.90 Å². The van der Waals surface area contributed by atoms with Crippen LogP contribution in [-0.2, 0) is 14.3 Å². The largest absolute Gasteiger partial charge is 0.372 e. The molecule has 1 N–H and O–H groups in total. The first-order valence-electron chi connectivity index (χ1n) is 8.22. The highest BCUT2D eigenvalue weighted by atomic mass is 19.2. The molecule has 0 spiro atoms. The highest BCUT2D eigenvalue weighted by Crippen LogP contribution is 2.19. The number of hydrogen-bond donors (Lipinski definition) is 1. The van der Waals surface area contributed by atoms with Gasteiger partial charge in [-0.15, -0.1) is 0 Å². The van der Waals surface area contributed by atoms with Gasteiger partial charge in [0.15, 0.2) is 17.5 Å². The average Bonchev–Trinajstić information content (AvgIpc) is 2.54. The van der Waals surface area contributed by atoms with Gasteiger partial charge >= 0.3 is 0 Å². The van der Waals surface area contributed by atoms with E-state index in [1.807, 2.05) is 13.8 Å². The molecule has 2 atom stereocenters. The molecule has 26 heavy (non-hydrogen) atoms. The van der Waals surface area contributed by atoms with E-state index in [-0.39, 0.29) is 31.2 Å². The van der Waals surface area contributed by atoms with Crippen molar-refractivity contribution in [2.75, 3.05) is 38.5 Å². The van der Waals surface area contributed by atoms with Gasteiger partial charge in [-0.1, -0.05) is 0 Å². The van der Waals surface area contributed by atoms with E-state index in [0.29, 0.717) is 13.1 Å². The van der Waals surface area contributed by atoms with Crippen LogP contribution >= 0.6 is 0 Å². The number of benzene rings is 1. The lowest BCUT2D eigenvalue weighted by molar-refractivity contribution is -0.144. The number of nitrogens with one attached hydrogen (secondary N) is 1. The molecule has 9 heteroatoms. The Bertz CT molecular complexity index is 677. The molecular formula is C17H22F3N3O3. The van der Waals surface area contributed by atoms with Gasteiger partial charge in [0.25, 0.3) is 0 Å². The quantitative estimate of drug-likeness (QED) is 0.797. The number of nitrogens with zero attached hydrogens (tertiary/aromatic N) is 2. The van der Waals surface area contributed by atoms with Crippen LogP contribution in [0.2, 0.25) is 0 Å². The lowest BCUT2D eigenvalue weighted by Gasteiger charge is -2.36. The summed E-state index contributed by atoms with van der Waals surface area (Å²) in [5.74, 6) is -5.25. The van der Waals surface area contributed by atoms with E-state index in [1.54, 1.807) is 11.9 Å². The molecule has 1 aromatic carbocycles. The molecule has 1 heterocycles. The van der Waals surface area contributed by atoms with Crippen LogP contribution in [0.4, 0.5) is 18.9 Å². The van der Waals surface area contributed by atoms with Crippen molar-refractivity contribution in [3.8, 4) is 0 Å². The smallest absolute Gasteiger partial charge is 0.238 e. The fourth-order valence-corrected chi connectivity index (χ4v) is 2.83. The topological polar surface area (TPSA) is 61.9 Å². The molecule has 1 fully saturated rings. The van der Waals surface area contributed by atoms with Gasteiger partial charge in [-0.2, -0.15) is 0 Å². The van der Waals surface area contributed by atoms with Crippen molar-refractivity contribution in [1.29, 1.82) is 0 Å². The van der Waals surface area contributed by atoms with Crippen LogP contribution in [0.3, 0.4) is 0 Å². The molecule has 0 saturated carbocycles. The van der Waals surface area contributed by atoms with Crippen molar-refractivity contribution in [2.24, 2.45) is 0 Å². The van der Waals surface area contributed by atoms with Crippen LogP contribution in [-0.4, -0.2) is 67.0 Å². The third-order valence-corrected chi connectivity index (χ3v) is 3.90. The van der Waals surface area contributed by atoms with E-state index in [4.69, 9.17) is 4.74 Å². The van der Waals surface area contributed by atoms with Gasteiger partial charge < -0.3 is 15.0 Å². The Balaban J connectivity index is 1.87. The van der Waals surface area contributed by atoms with Crippen molar-refractivity contribution in [1.82, 2.24) is 9.80 Å². The van der Waals surface area contributed by atoms with Crippen LogP contribution in [0.25, 0.3) is 0 Å². The lowest BCUT2D eigenvalue weighted by Crippen LogP contribution is -2.51. The standard InChI is InChI=1S/C17H22F3N3O3/c1-10-6-23(7-11(2)26-10)15(25)9-22(3)8-14(24)21-13-5-4-12(18)16(19)17(13)20/h4-5,10-11H,6-9H2,1-3H3,(H,21,24)/t10-,11-/m0/s1. The van der Waals surface area contributed by atoms with E-state index in [0.717, 1.165) is 12.1 Å². The maximum absolute atomic E-state index is 13.6. The fraction of sp³-hybridized carbons (Fsp3) is 0.529. The predicted octanol–water partition coefficient (Wildman–Crippen LogP) is 1.61. The number of hydrogen-bond acceptors (Lipinski definition) is 4. The van der Waals surface area contributed by atoms with Crippen molar-refractivity contribution < 1.29 is 27.5 Å². The third-order valence-electron chi connectivity index (χ3n) is 3.90. The van der Waals surface area contributed by atoms with Crippen molar-refractivity contribution in [3.63, 3.8) is 0 Å². The molecule has 144 valence electrons. The maximum atomic E-state index is 13.6. The first-order valence-corrected chi connectivity index (χ1v) is 8.22. The molecular weight excluding hydrogens is 351 g/mol. The first-order chi connectivity index (χ1) is 12.2. The normalized spacial score (nSPS) is 20.3. The minimum atomic E-state index is -1.65. The average molecular weight is 373 g/mol. The van der Waals surface area contributed by atoms with Crippen LogP contribution in [0, 0.1) is 17.5 Å². The molecule has 2 amide bonds. The molecule has 0 unspecified atom stereocenters. The fourth-order valence-electron chi connectivity index (χ4n) is 2.83. The zero-order chi connectivity index (χ0) is 19.4. The number of carbonyl (C=O) groups excluding carboxylic acids is 2. The molecule has 1 aliphatic heterocycles. The minimum Gasteiger partial charge on any atom is -0.372 e. The van der Waals surface area contributed by atoms with Crippen molar-refractivity contribution in [3.05, 3.63) is 29.6 Å². The Morgan fingerprint density at radius 2 is 1.77 bits per heavy atom. The Hall–Kier alpha value is -2.13. The highest BCUT2D eigenvalue weighted by Gasteiger charge is 2.26. The number of carbonyl (C=O) groups is 2. The summed E-state index contributed by atoms with van der Waals surface area (Å²) in [5.41, 5.74) is -0.454. The number of anilines is 1. The van der Waals surface area contributed by atoms with Gasteiger partial charge in [0.05, 0.1) is 31.0 Å². The summed E-state index contributed by atoms with van der Waals surface area (Å²) in [6.07, 6.45) is -0.125. The first kappa shape index (κ1) is 20.2. The number of morpholine rings is 1. The monoisotopic (exact) mass is 373 g/mol. The zero-order valence-corrected chi connectivity index (χ0v) is 14.9. The number of halogens is 3. The highest BCUT2D eigenvalue weighted by molar-refractivity contribution is 5.92. The predicted molar refractivity (Wildman–Crippen MR) is 89.0 cm³/mol. The van der Waals surface area contributed by atoms with Gasteiger partial charge in [0, 0.05) is 13.1 Å². The summed E-state index contributed by atoms with van der Waals surface area (Å²) in [6, 6.07) is 1.66. The van der Waals surface area contributed by atoms with Crippen molar-refractivity contribution >= 4 is 17.5 Å². The minimum absolute atomic E-state index is 0.00682. The van der Waals surface area contributed by atoms with Crippen LogP contribution in [0.1, 0.15) is 13.8 Å². The second kappa shape index (κ2) is 8.50. The summed E-state index contributed by atoms with van der Waals surface area (Å²) >= 11 is 0. The van der Waals surface area contributed by atoms with Gasteiger partial charge in [-0.3, -0.25) is 14.5 Å². The maximum Gasteiger partial charge on any atom is 0.238 e. The van der Waals surface area contributed by atoms with Crippen LogP contribution in [0.15, 0.2) is 12.1 Å². The summed E-state index contributed by atoms with van der Waals surface area (Å²) in [7, 11) is 1.56.